The Bertz CT molecular complexity index is 665. The zero-order valence-corrected chi connectivity index (χ0v) is 17.1. The van der Waals surface area contributed by atoms with Gasteiger partial charge in [0.15, 0.2) is 0 Å². The molecule has 0 aromatic carbocycles. The van der Waals surface area contributed by atoms with Gasteiger partial charge in [-0.15, -0.1) is 0 Å². The summed E-state index contributed by atoms with van der Waals surface area (Å²) in [5, 5.41) is 0. The van der Waals surface area contributed by atoms with Crippen LogP contribution in [0, 0.1) is 0 Å². The van der Waals surface area contributed by atoms with E-state index in [1.54, 1.807) is 9.80 Å². The summed E-state index contributed by atoms with van der Waals surface area (Å²) in [4.78, 5) is 23.9. The van der Waals surface area contributed by atoms with E-state index in [2.05, 4.69) is 9.97 Å². The minimum atomic E-state index is -4.45. The van der Waals surface area contributed by atoms with Crippen molar-refractivity contribution in [2.24, 2.45) is 0 Å². The van der Waals surface area contributed by atoms with Crippen LogP contribution in [0.15, 0.2) is 12.4 Å². The Morgan fingerprint density at radius 3 is 2.04 bits per heavy atom. The van der Waals surface area contributed by atoms with Crippen molar-refractivity contribution >= 4 is 11.9 Å². The lowest BCUT2D eigenvalue weighted by molar-refractivity contribution is -0.153. The second-order valence-corrected chi connectivity index (χ2v) is 8.33. The smallest absolute Gasteiger partial charge is 0.369 e. The van der Waals surface area contributed by atoms with Crippen molar-refractivity contribution in [2.75, 3.05) is 31.1 Å². The molecule has 1 saturated heterocycles. The van der Waals surface area contributed by atoms with Crippen molar-refractivity contribution in [3.63, 3.8) is 0 Å². The lowest BCUT2D eigenvalue weighted by Crippen LogP contribution is -2.51. The summed E-state index contributed by atoms with van der Waals surface area (Å²) < 4.78 is 44.0. The monoisotopic (exact) mass is 402 g/mol. The third-order valence-electron chi connectivity index (χ3n) is 4.71. The molecule has 1 atom stereocenters. The molecule has 1 aromatic heterocycles. The average Bonchev–Trinajstić information content (AvgIpc) is 2.59. The highest BCUT2D eigenvalue weighted by molar-refractivity contribution is 5.77. The van der Waals surface area contributed by atoms with E-state index in [0.717, 1.165) is 18.8 Å². The van der Waals surface area contributed by atoms with Crippen molar-refractivity contribution in [1.29, 1.82) is 0 Å². The van der Waals surface area contributed by atoms with E-state index < -0.39 is 17.3 Å². The SMILES string of the molecule is CCC(C)(CC(=O)N1CCN(c2ncc(C(F)(F)F)cn2)CC1)OC(C)(C)C. The standard InChI is InChI=1S/C19H29F3N4O2/c1-6-18(5,28-17(2,3)4)11-15(27)25-7-9-26(10-8-25)16-23-12-14(13-24-16)19(20,21)22/h12-13H,6-11H2,1-5H3. The van der Waals surface area contributed by atoms with Gasteiger partial charge in [-0.1, -0.05) is 6.92 Å². The number of aromatic nitrogens is 2. The number of piperazine rings is 1. The van der Waals surface area contributed by atoms with Crippen LogP contribution in [0.4, 0.5) is 19.1 Å². The number of nitrogens with zero attached hydrogens (tertiary/aromatic N) is 4. The highest BCUT2D eigenvalue weighted by Gasteiger charge is 2.34. The number of carbonyl (C=O) groups is 1. The van der Waals surface area contributed by atoms with Crippen molar-refractivity contribution in [3.05, 3.63) is 18.0 Å². The van der Waals surface area contributed by atoms with Crippen molar-refractivity contribution in [1.82, 2.24) is 14.9 Å². The molecule has 0 spiro atoms. The Hall–Kier alpha value is -1.90. The number of ether oxygens (including phenoxy) is 1. The molecular formula is C19H29F3N4O2. The first-order valence-electron chi connectivity index (χ1n) is 9.45. The third-order valence-corrected chi connectivity index (χ3v) is 4.71. The molecule has 2 rings (SSSR count). The number of halogens is 3. The predicted octanol–water partition coefficient (Wildman–Crippen LogP) is 3.52. The second-order valence-electron chi connectivity index (χ2n) is 8.33. The summed E-state index contributed by atoms with van der Waals surface area (Å²) >= 11 is 0. The molecule has 1 aliphatic heterocycles. The van der Waals surface area contributed by atoms with E-state index >= 15 is 0 Å². The number of rotatable bonds is 5. The predicted molar refractivity (Wildman–Crippen MR) is 100.0 cm³/mol. The first-order chi connectivity index (χ1) is 12.8. The van der Waals surface area contributed by atoms with Crippen LogP contribution in [0.3, 0.4) is 0 Å². The lowest BCUT2D eigenvalue weighted by Gasteiger charge is -2.39. The number of anilines is 1. The zero-order valence-electron chi connectivity index (χ0n) is 17.1. The van der Waals surface area contributed by atoms with E-state index in [1.807, 2.05) is 34.6 Å². The number of hydrogen-bond donors (Lipinski definition) is 0. The Labute approximate surface area is 164 Å². The maximum Gasteiger partial charge on any atom is 0.419 e. The van der Waals surface area contributed by atoms with Gasteiger partial charge in [0.2, 0.25) is 11.9 Å². The molecule has 1 aliphatic rings. The van der Waals surface area contributed by atoms with Crippen LogP contribution in [0.1, 0.15) is 53.0 Å². The van der Waals surface area contributed by atoms with E-state index in [9.17, 15) is 18.0 Å². The number of carbonyl (C=O) groups excluding carboxylic acids is 1. The van der Waals surface area contributed by atoms with Crippen molar-refractivity contribution in [3.8, 4) is 0 Å². The van der Waals surface area contributed by atoms with Crippen LogP contribution < -0.4 is 4.90 Å². The maximum absolute atomic E-state index is 12.7. The molecule has 6 nitrogen and oxygen atoms in total. The molecular weight excluding hydrogens is 373 g/mol. The fourth-order valence-electron chi connectivity index (χ4n) is 3.19. The van der Waals surface area contributed by atoms with Crippen LogP contribution in [0.25, 0.3) is 0 Å². The molecule has 158 valence electrons. The van der Waals surface area contributed by atoms with Crippen LogP contribution in [-0.2, 0) is 15.7 Å². The van der Waals surface area contributed by atoms with Gasteiger partial charge in [-0.05, 0) is 34.1 Å². The van der Waals surface area contributed by atoms with Crippen LogP contribution in [-0.4, -0.2) is 58.2 Å². The topological polar surface area (TPSA) is 58.6 Å². The molecule has 0 N–H and O–H groups in total. The molecule has 0 aliphatic carbocycles. The van der Waals surface area contributed by atoms with Crippen LogP contribution in [0.5, 0.6) is 0 Å². The molecule has 0 saturated carbocycles. The summed E-state index contributed by atoms with van der Waals surface area (Å²) in [6, 6.07) is 0. The minimum Gasteiger partial charge on any atom is -0.369 e. The first kappa shape index (κ1) is 22.4. The van der Waals surface area contributed by atoms with Gasteiger partial charge in [0.05, 0.1) is 23.2 Å². The average molecular weight is 402 g/mol. The highest BCUT2D eigenvalue weighted by Crippen LogP contribution is 2.29. The third kappa shape index (κ3) is 6.05. The summed E-state index contributed by atoms with van der Waals surface area (Å²) in [5.74, 6) is 0.260. The highest BCUT2D eigenvalue weighted by atomic mass is 19.4. The van der Waals surface area contributed by atoms with E-state index in [1.165, 1.54) is 0 Å². The lowest BCUT2D eigenvalue weighted by atomic mass is 9.96. The normalized spacial score (nSPS) is 18.1. The van der Waals surface area contributed by atoms with Gasteiger partial charge in [-0.3, -0.25) is 4.79 Å². The van der Waals surface area contributed by atoms with Gasteiger partial charge in [0.1, 0.15) is 0 Å². The zero-order chi connectivity index (χ0) is 21.2. The van der Waals surface area contributed by atoms with Gasteiger partial charge in [-0.2, -0.15) is 13.2 Å². The summed E-state index contributed by atoms with van der Waals surface area (Å²) in [5.41, 5.74) is -1.75. The summed E-state index contributed by atoms with van der Waals surface area (Å²) in [7, 11) is 0. The Morgan fingerprint density at radius 2 is 1.61 bits per heavy atom. The Morgan fingerprint density at radius 1 is 1.07 bits per heavy atom. The second kappa shape index (κ2) is 8.23. The molecule has 1 unspecified atom stereocenters. The molecule has 2 heterocycles. The van der Waals surface area contributed by atoms with Gasteiger partial charge in [-0.25, -0.2) is 9.97 Å². The Kier molecular flexibility index (Phi) is 6.58. The Balaban J connectivity index is 1.93. The maximum atomic E-state index is 12.7. The van der Waals surface area contributed by atoms with Crippen LogP contribution >= 0.6 is 0 Å². The molecule has 28 heavy (non-hydrogen) atoms. The van der Waals surface area contributed by atoms with Gasteiger partial charge < -0.3 is 14.5 Å². The van der Waals surface area contributed by atoms with E-state index in [0.29, 0.717) is 26.2 Å². The fourth-order valence-corrected chi connectivity index (χ4v) is 3.19. The van der Waals surface area contributed by atoms with E-state index in [4.69, 9.17) is 4.74 Å². The molecule has 1 fully saturated rings. The molecule has 0 bridgehead atoms. The number of alkyl halides is 3. The quantitative estimate of drug-likeness (QED) is 0.754. The van der Waals surface area contributed by atoms with Crippen molar-refractivity contribution < 1.29 is 22.7 Å². The molecule has 9 heteroatoms. The van der Waals surface area contributed by atoms with Gasteiger partial charge in [0.25, 0.3) is 0 Å². The number of hydrogen-bond acceptors (Lipinski definition) is 5. The molecule has 1 aromatic rings. The minimum absolute atomic E-state index is 0.0154. The van der Waals surface area contributed by atoms with Gasteiger partial charge >= 0.3 is 6.18 Å². The first-order valence-corrected chi connectivity index (χ1v) is 9.45. The molecule has 1 amide bonds. The van der Waals surface area contributed by atoms with E-state index in [-0.39, 0.29) is 23.9 Å². The summed E-state index contributed by atoms with van der Waals surface area (Å²) in [6.45, 7) is 11.7. The molecule has 0 radical (unpaired) electrons. The fraction of sp³-hybridized carbons (Fsp3) is 0.737. The van der Waals surface area contributed by atoms with Gasteiger partial charge in [0, 0.05) is 38.6 Å². The number of amides is 1. The van der Waals surface area contributed by atoms with Crippen LogP contribution in [0.2, 0.25) is 0 Å². The summed E-state index contributed by atoms with van der Waals surface area (Å²) in [6.07, 6.45) is -1.87. The largest absolute Gasteiger partial charge is 0.419 e. The van der Waals surface area contributed by atoms with Crippen molar-refractivity contribution in [2.45, 2.75) is 64.8 Å².